The van der Waals surface area contributed by atoms with Crippen molar-refractivity contribution in [2.45, 2.75) is 0 Å². The smallest absolute Gasteiger partial charge is 0.0468 e. The zero-order valence-corrected chi connectivity index (χ0v) is 22.6. The first-order chi connectivity index (χ1) is 19.8. The highest BCUT2D eigenvalue weighted by Crippen LogP contribution is 2.40. The second kappa shape index (κ2) is 9.37. The zero-order valence-electron chi connectivity index (χ0n) is 21.8. The molecule has 0 aliphatic heterocycles. The van der Waals surface area contributed by atoms with Crippen LogP contribution in [0.4, 0.5) is 17.1 Å². The third kappa shape index (κ3) is 3.85. The minimum atomic E-state index is 1.14. The average molecular weight is 528 g/mol. The maximum Gasteiger partial charge on any atom is 0.0468 e. The van der Waals surface area contributed by atoms with E-state index in [2.05, 4.69) is 157 Å². The van der Waals surface area contributed by atoms with Crippen LogP contribution in [-0.2, 0) is 0 Å². The maximum absolute atomic E-state index is 2.36. The highest BCUT2D eigenvalue weighted by atomic mass is 32.1. The van der Waals surface area contributed by atoms with Crippen LogP contribution in [0.15, 0.2) is 152 Å². The van der Waals surface area contributed by atoms with E-state index < -0.39 is 0 Å². The third-order valence-electron chi connectivity index (χ3n) is 7.82. The largest absolute Gasteiger partial charge is 0.310 e. The molecular weight excluding hydrogens is 502 g/mol. The van der Waals surface area contributed by atoms with E-state index in [1.807, 2.05) is 11.3 Å². The number of para-hydroxylation sites is 1. The summed E-state index contributed by atoms with van der Waals surface area (Å²) in [4.78, 5) is 2.35. The summed E-state index contributed by atoms with van der Waals surface area (Å²) < 4.78 is 2.68. The van der Waals surface area contributed by atoms with Gasteiger partial charge in [0.1, 0.15) is 0 Å². The second-order valence-electron chi connectivity index (χ2n) is 10.2. The van der Waals surface area contributed by atoms with Crippen LogP contribution < -0.4 is 4.90 Å². The molecule has 0 saturated heterocycles. The van der Waals surface area contributed by atoms with Crippen LogP contribution in [0.3, 0.4) is 0 Å². The normalized spacial score (nSPS) is 11.5. The van der Waals surface area contributed by atoms with Crippen molar-refractivity contribution in [2.75, 3.05) is 4.90 Å². The third-order valence-corrected chi connectivity index (χ3v) is 8.95. The summed E-state index contributed by atoms with van der Waals surface area (Å²) in [6.45, 7) is 0. The predicted molar refractivity (Wildman–Crippen MR) is 174 cm³/mol. The SMILES string of the molecule is c1ccc(N(c2ccc(-c3cccc4ccccc34)cc2)c2ccc3cc4sc5ccccc5c4cc3c2)cc1. The molecule has 1 nitrogen and oxygen atoms in total. The number of anilines is 3. The number of hydrogen-bond acceptors (Lipinski definition) is 2. The molecular formula is C38H25NS. The molecule has 8 aromatic rings. The maximum atomic E-state index is 2.36. The van der Waals surface area contributed by atoms with E-state index in [9.17, 15) is 0 Å². The molecule has 0 unspecified atom stereocenters. The van der Waals surface area contributed by atoms with E-state index >= 15 is 0 Å². The van der Waals surface area contributed by atoms with Crippen LogP contribution in [0.1, 0.15) is 0 Å². The lowest BCUT2D eigenvalue weighted by molar-refractivity contribution is 1.29. The van der Waals surface area contributed by atoms with Gasteiger partial charge in [-0.15, -0.1) is 11.3 Å². The monoisotopic (exact) mass is 527 g/mol. The first-order valence-electron chi connectivity index (χ1n) is 13.6. The van der Waals surface area contributed by atoms with E-state index in [0.717, 1.165) is 17.1 Å². The number of rotatable bonds is 4. The molecule has 188 valence electrons. The van der Waals surface area contributed by atoms with Gasteiger partial charge in [-0.25, -0.2) is 0 Å². The fraction of sp³-hybridized carbons (Fsp3) is 0. The van der Waals surface area contributed by atoms with Gasteiger partial charge in [-0.05, 0) is 87.3 Å². The summed E-state index contributed by atoms with van der Waals surface area (Å²) in [5, 5.41) is 7.72. The lowest BCUT2D eigenvalue weighted by atomic mass is 9.98. The van der Waals surface area contributed by atoms with Gasteiger partial charge in [-0.2, -0.15) is 0 Å². The highest BCUT2D eigenvalue weighted by Gasteiger charge is 2.14. The molecule has 0 spiro atoms. The van der Waals surface area contributed by atoms with Crippen molar-refractivity contribution in [3.63, 3.8) is 0 Å². The first-order valence-corrected chi connectivity index (χ1v) is 14.4. The predicted octanol–water partition coefficient (Wildman–Crippen LogP) is 11.5. The second-order valence-corrected chi connectivity index (χ2v) is 11.3. The van der Waals surface area contributed by atoms with Crippen molar-refractivity contribution >= 4 is 70.1 Å². The molecule has 40 heavy (non-hydrogen) atoms. The molecule has 1 aromatic heterocycles. The van der Waals surface area contributed by atoms with Gasteiger partial charge >= 0.3 is 0 Å². The Labute approximate surface area is 237 Å². The van der Waals surface area contributed by atoms with Gasteiger partial charge in [0, 0.05) is 37.2 Å². The molecule has 0 bridgehead atoms. The highest BCUT2D eigenvalue weighted by molar-refractivity contribution is 7.25. The van der Waals surface area contributed by atoms with Crippen LogP contribution >= 0.6 is 11.3 Å². The summed E-state index contributed by atoms with van der Waals surface area (Å²) in [6, 6.07) is 55.0. The lowest BCUT2D eigenvalue weighted by Gasteiger charge is -2.26. The molecule has 0 aliphatic rings. The fourth-order valence-electron chi connectivity index (χ4n) is 5.89. The topological polar surface area (TPSA) is 3.24 Å². The van der Waals surface area contributed by atoms with Gasteiger partial charge in [0.15, 0.2) is 0 Å². The standard InChI is InChI=1S/C38H25NS/c1-2-11-30(12-3-1)39(31-20-17-27(18-21-31)34-15-8-10-26-9-4-5-13-33(26)34)32-22-19-28-25-38-36(24-29(28)23-32)35-14-6-7-16-37(35)40-38/h1-25H. The van der Waals surface area contributed by atoms with E-state index in [1.54, 1.807) is 0 Å². The first kappa shape index (κ1) is 23.0. The molecule has 0 aliphatic carbocycles. The Morgan fingerprint density at radius 1 is 0.375 bits per heavy atom. The Hall–Kier alpha value is -4.92. The number of fused-ring (bicyclic) bond motifs is 5. The van der Waals surface area contributed by atoms with E-state index in [-0.39, 0.29) is 0 Å². The molecule has 0 amide bonds. The molecule has 0 radical (unpaired) electrons. The molecule has 8 rings (SSSR count). The number of benzene rings is 7. The van der Waals surface area contributed by atoms with Gasteiger partial charge in [0.05, 0.1) is 0 Å². The molecule has 0 N–H and O–H groups in total. The van der Waals surface area contributed by atoms with Crippen LogP contribution in [-0.4, -0.2) is 0 Å². The van der Waals surface area contributed by atoms with Crippen LogP contribution in [0.5, 0.6) is 0 Å². The fourth-order valence-corrected chi connectivity index (χ4v) is 7.02. The molecule has 0 saturated carbocycles. The Balaban J connectivity index is 1.26. The molecule has 1 heterocycles. The van der Waals surface area contributed by atoms with Crippen molar-refractivity contribution < 1.29 is 0 Å². The summed E-state index contributed by atoms with van der Waals surface area (Å²) in [6.07, 6.45) is 0. The van der Waals surface area contributed by atoms with Crippen molar-refractivity contribution in [3.05, 3.63) is 152 Å². The van der Waals surface area contributed by atoms with Crippen molar-refractivity contribution in [1.29, 1.82) is 0 Å². The number of thiophene rings is 1. The minimum Gasteiger partial charge on any atom is -0.310 e. The number of nitrogens with zero attached hydrogens (tertiary/aromatic N) is 1. The van der Waals surface area contributed by atoms with E-state index in [1.165, 1.54) is 52.8 Å². The summed E-state index contributed by atoms with van der Waals surface area (Å²) >= 11 is 1.87. The Morgan fingerprint density at radius 2 is 1.07 bits per heavy atom. The van der Waals surface area contributed by atoms with E-state index in [0.29, 0.717) is 0 Å². The van der Waals surface area contributed by atoms with Gasteiger partial charge in [-0.3, -0.25) is 0 Å². The Bertz CT molecular complexity index is 2150. The van der Waals surface area contributed by atoms with Crippen LogP contribution in [0.2, 0.25) is 0 Å². The molecule has 2 heteroatoms. The quantitative estimate of drug-likeness (QED) is 0.220. The average Bonchev–Trinajstić information content (AvgIpc) is 3.38. The summed E-state index contributed by atoms with van der Waals surface area (Å²) in [5.41, 5.74) is 5.90. The van der Waals surface area contributed by atoms with Crippen LogP contribution in [0, 0.1) is 0 Å². The van der Waals surface area contributed by atoms with Gasteiger partial charge < -0.3 is 4.90 Å². The molecule has 0 atom stereocenters. The van der Waals surface area contributed by atoms with Gasteiger partial charge in [0.25, 0.3) is 0 Å². The van der Waals surface area contributed by atoms with Crippen LogP contribution in [0.25, 0.3) is 52.8 Å². The zero-order chi connectivity index (χ0) is 26.5. The summed E-state index contributed by atoms with van der Waals surface area (Å²) in [7, 11) is 0. The minimum absolute atomic E-state index is 1.14. The van der Waals surface area contributed by atoms with Gasteiger partial charge in [-0.1, -0.05) is 97.1 Å². The molecule has 0 fully saturated rings. The molecule has 7 aromatic carbocycles. The lowest BCUT2D eigenvalue weighted by Crippen LogP contribution is -2.09. The van der Waals surface area contributed by atoms with Crippen molar-refractivity contribution in [2.24, 2.45) is 0 Å². The number of hydrogen-bond donors (Lipinski definition) is 0. The Morgan fingerprint density at radius 3 is 1.95 bits per heavy atom. The van der Waals surface area contributed by atoms with Crippen molar-refractivity contribution in [1.82, 2.24) is 0 Å². The van der Waals surface area contributed by atoms with Crippen molar-refractivity contribution in [3.8, 4) is 11.1 Å². The van der Waals surface area contributed by atoms with Gasteiger partial charge in [0.2, 0.25) is 0 Å². The summed E-state index contributed by atoms with van der Waals surface area (Å²) in [5.74, 6) is 0. The Kier molecular flexibility index (Phi) is 5.39. The van der Waals surface area contributed by atoms with E-state index in [4.69, 9.17) is 0 Å².